The van der Waals surface area contributed by atoms with Crippen molar-refractivity contribution in [2.75, 3.05) is 6.61 Å². The summed E-state index contributed by atoms with van der Waals surface area (Å²) in [6.45, 7) is 2.20. The van der Waals surface area contributed by atoms with Crippen LogP contribution < -0.4 is 4.74 Å². The van der Waals surface area contributed by atoms with Crippen LogP contribution in [0.2, 0.25) is 0 Å². The summed E-state index contributed by atoms with van der Waals surface area (Å²) in [6, 6.07) is 17.3. The summed E-state index contributed by atoms with van der Waals surface area (Å²) >= 11 is 0. The van der Waals surface area contributed by atoms with Gasteiger partial charge in [-0.1, -0.05) is 53.2 Å². The monoisotopic (exact) mass is 293 g/mol. The van der Waals surface area contributed by atoms with Crippen molar-refractivity contribution in [1.29, 1.82) is 0 Å². The van der Waals surface area contributed by atoms with E-state index < -0.39 is 5.97 Å². The fraction of sp³-hybridized carbons (Fsp3) is 0.111. The number of hydrogen-bond acceptors (Lipinski definition) is 4. The zero-order valence-electron chi connectivity index (χ0n) is 12.2. The molecule has 1 aliphatic rings. The lowest BCUT2D eigenvalue weighted by molar-refractivity contribution is -0.136. The first kappa shape index (κ1) is 14.1. The van der Waals surface area contributed by atoms with E-state index in [1.165, 1.54) is 0 Å². The highest BCUT2D eigenvalue weighted by molar-refractivity contribution is 6.25. The molecule has 0 fully saturated rings. The maximum absolute atomic E-state index is 11.8. The molecular weight excluding hydrogens is 278 g/mol. The van der Waals surface area contributed by atoms with Crippen molar-refractivity contribution in [3.8, 4) is 5.75 Å². The molecule has 0 aliphatic carbocycles. The Balaban J connectivity index is 1.76. The lowest BCUT2D eigenvalue weighted by Crippen LogP contribution is -2.14. The molecule has 110 valence electrons. The molecule has 0 unspecified atom stereocenters. The molecule has 2 aromatic rings. The van der Waals surface area contributed by atoms with Gasteiger partial charge in [-0.25, -0.2) is 4.79 Å². The van der Waals surface area contributed by atoms with Gasteiger partial charge in [0.05, 0.1) is 5.57 Å². The molecule has 0 aromatic heterocycles. The number of aryl methyl sites for hydroxylation is 1. The van der Waals surface area contributed by atoms with Gasteiger partial charge in [-0.15, -0.1) is 0 Å². The molecule has 22 heavy (non-hydrogen) atoms. The zero-order chi connectivity index (χ0) is 15.4. The first-order valence-corrected chi connectivity index (χ1v) is 6.97. The largest absolute Gasteiger partial charge is 0.487 e. The van der Waals surface area contributed by atoms with Gasteiger partial charge in [0.2, 0.25) is 0 Å². The lowest BCUT2D eigenvalue weighted by atomic mass is 10.1. The Bertz CT molecular complexity index is 731. The standard InChI is InChI=1S/C18H15NO3/c1-13-7-9-14(10-8-13)11-16-17(19-22-18(16)20)12-21-15-5-3-2-4-6-15/h2-11H,12H2,1H3/b16-11-. The zero-order valence-corrected chi connectivity index (χ0v) is 12.2. The number of oxime groups is 1. The van der Waals surface area contributed by atoms with Crippen molar-refractivity contribution in [3.63, 3.8) is 0 Å². The second-order valence-corrected chi connectivity index (χ2v) is 4.99. The van der Waals surface area contributed by atoms with Crippen LogP contribution in [0.3, 0.4) is 0 Å². The number of para-hydroxylation sites is 1. The van der Waals surface area contributed by atoms with Crippen LogP contribution in [0, 0.1) is 6.92 Å². The minimum atomic E-state index is -0.452. The lowest BCUT2D eigenvalue weighted by Gasteiger charge is -2.05. The molecule has 0 radical (unpaired) electrons. The van der Waals surface area contributed by atoms with Crippen LogP contribution in [0.25, 0.3) is 6.08 Å². The topological polar surface area (TPSA) is 47.9 Å². The van der Waals surface area contributed by atoms with Crippen molar-refractivity contribution in [1.82, 2.24) is 0 Å². The molecule has 0 spiro atoms. The van der Waals surface area contributed by atoms with E-state index in [4.69, 9.17) is 9.57 Å². The first-order chi connectivity index (χ1) is 10.7. The van der Waals surface area contributed by atoms with E-state index in [9.17, 15) is 4.79 Å². The highest BCUT2D eigenvalue weighted by Crippen LogP contribution is 2.17. The van der Waals surface area contributed by atoms with Crippen LogP contribution in [-0.2, 0) is 9.63 Å². The van der Waals surface area contributed by atoms with E-state index >= 15 is 0 Å². The van der Waals surface area contributed by atoms with Crippen molar-refractivity contribution >= 4 is 17.8 Å². The Morgan fingerprint density at radius 2 is 1.82 bits per heavy atom. The predicted molar refractivity (Wildman–Crippen MR) is 84.6 cm³/mol. The average molecular weight is 293 g/mol. The number of rotatable bonds is 4. The van der Waals surface area contributed by atoms with Crippen LogP contribution in [0.5, 0.6) is 5.75 Å². The summed E-state index contributed by atoms with van der Waals surface area (Å²) in [5.41, 5.74) is 3.01. The van der Waals surface area contributed by atoms with E-state index in [1.54, 1.807) is 6.08 Å². The van der Waals surface area contributed by atoms with Gasteiger partial charge in [-0.3, -0.25) is 0 Å². The normalized spacial score (nSPS) is 15.6. The van der Waals surface area contributed by atoms with Crippen LogP contribution in [0.1, 0.15) is 11.1 Å². The number of carbonyl (C=O) groups is 1. The number of carbonyl (C=O) groups excluding carboxylic acids is 1. The fourth-order valence-corrected chi connectivity index (χ4v) is 2.06. The minimum absolute atomic E-state index is 0.188. The quantitative estimate of drug-likeness (QED) is 0.641. The summed E-state index contributed by atoms with van der Waals surface area (Å²) in [7, 11) is 0. The Hall–Kier alpha value is -2.88. The van der Waals surface area contributed by atoms with Gasteiger partial charge in [-0.05, 0) is 30.7 Å². The first-order valence-electron chi connectivity index (χ1n) is 6.97. The van der Waals surface area contributed by atoms with E-state index in [1.807, 2.05) is 61.5 Å². The highest BCUT2D eigenvalue weighted by Gasteiger charge is 2.25. The second-order valence-electron chi connectivity index (χ2n) is 4.99. The molecule has 0 N–H and O–H groups in total. The summed E-state index contributed by atoms with van der Waals surface area (Å²) in [6.07, 6.45) is 1.77. The van der Waals surface area contributed by atoms with Gasteiger partial charge in [0, 0.05) is 0 Å². The average Bonchev–Trinajstić information content (AvgIpc) is 2.89. The molecule has 4 nitrogen and oxygen atoms in total. The van der Waals surface area contributed by atoms with Gasteiger partial charge < -0.3 is 9.57 Å². The molecule has 4 heteroatoms. The van der Waals surface area contributed by atoms with Crippen molar-refractivity contribution in [3.05, 3.63) is 71.3 Å². The number of nitrogens with zero attached hydrogens (tertiary/aromatic N) is 1. The van der Waals surface area contributed by atoms with Gasteiger partial charge in [0.25, 0.3) is 0 Å². The van der Waals surface area contributed by atoms with E-state index in [0.717, 1.165) is 16.9 Å². The summed E-state index contributed by atoms with van der Waals surface area (Å²) in [5, 5.41) is 3.80. The molecule has 0 atom stereocenters. The van der Waals surface area contributed by atoms with Crippen molar-refractivity contribution in [2.45, 2.75) is 6.92 Å². The number of ether oxygens (including phenoxy) is 1. The SMILES string of the molecule is Cc1ccc(/C=C2\C(=O)ON=C2COc2ccccc2)cc1. The molecule has 1 heterocycles. The summed E-state index contributed by atoms with van der Waals surface area (Å²) in [4.78, 5) is 16.6. The molecule has 1 aliphatic heterocycles. The molecule has 2 aromatic carbocycles. The second kappa shape index (κ2) is 6.26. The van der Waals surface area contributed by atoms with E-state index in [0.29, 0.717) is 11.3 Å². The minimum Gasteiger partial charge on any atom is -0.487 e. The van der Waals surface area contributed by atoms with Crippen LogP contribution in [0.4, 0.5) is 0 Å². The van der Waals surface area contributed by atoms with E-state index in [-0.39, 0.29) is 6.61 Å². The maximum Gasteiger partial charge on any atom is 0.367 e. The van der Waals surface area contributed by atoms with Gasteiger partial charge in [-0.2, -0.15) is 0 Å². The third-order valence-electron chi connectivity index (χ3n) is 3.28. The number of hydrogen-bond donors (Lipinski definition) is 0. The third kappa shape index (κ3) is 3.23. The molecule has 0 bridgehead atoms. The third-order valence-corrected chi connectivity index (χ3v) is 3.28. The van der Waals surface area contributed by atoms with Crippen molar-refractivity contribution < 1.29 is 14.4 Å². The molecular formula is C18H15NO3. The van der Waals surface area contributed by atoms with Gasteiger partial charge >= 0.3 is 5.97 Å². The Morgan fingerprint density at radius 1 is 1.09 bits per heavy atom. The van der Waals surface area contributed by atoms with Gasteiger partial charge in [0.15, 0.2) is 0 Å². The molecule has 3 rings (SSSR count). The fourth-order valence-electron chi connectivity index (χ4n) is 2.06. The van der Waals surface area contributed by atoms with Gasteiger partial charge in [0.1, 0.15) is 18.1 Å². The summed E-state index contributed by atoms with van der Waals surface area (Å²) < 4.78 is 5.62. The molecule has 0 saturated heterocycles. The Labute approximate surface area is 128 Å². The maximum atomic E-state index is 11.8. The van der Waals surface area contributed by atoms with Crippen LogP contribution in [-0.4, -0.2) is 18.3 Å². The van der Waals surface area contributed by atoms with Crippen LogP contribution >= 0.6 is 0 Å². The summed E-state index contributed by atoms with van der Waals surface area (Å²) in [5.74, 6) is 0.270. The predicted octanol–water partition coefficient (Wildman–Crippen LogP) is 3.37. The Kier molecular flexibility index (Phi) is 4.01. The smallest absolute Gasteiger partial charge is 0.367 e. The van der Waals surface area contributed by atoms with E-state index in [2.05, 4.69) is 5.16 Å². The van der Waals surface area contributed by atoms with Crippen LogP contribution in [0.15, 0.2) is 65.3 Å². The molecule has 0 amide bonds. The molecule has 0 saturated carbocycles. The Morgan fingerprint density at radius 3 is 2.55 bits per heavy atom. The number of benzene rings is 2. The van der Waals surface area contributed by atoms with Crippen molar-refractivity contribution in [2.24, 2.45) is 5.16 Å². The highest BCUT2D eigenvalue weighted by atomic mass is 16.7.